The molecule has 0 bridgehead atoms. The van der Waals surface area contributed by atoms with Gasteiger partial charge in [0.1, 0.15) is 0 Å². The zero-order valence-electron chi connectivity index (χ0n) is 9.30. The Bertz CT molecular complexity index is 437. The van der Waals surface area contributed by atoms with Gasteiger partial charge in [-0.25, -0.2) is 0 Å². The molecule has 0 spiro atoms. The lowest BCUT2D eigenvalue weighted by atomic mass is 9.89. The van der Waals surface area contributed by atoms with E-state index >= 15 is 0 Å². The number of rotatable bonds is 3. The van der Waals surface area contributed by atoms with Crippen molar-refractivity contribution in [3.63, 3.8) is 0 Å². The summed E-state index contributed by atoms with van der Waals surface area (Å²) in [6.45, 7) is 1.84. The first kappa shape index (κ1) is 10.8. The summed E-state index contributed by atoms with van der Waals surface area (Å²) < 4.78 is 0. The lowest BCUT2D eigenvalue weighted by Crippen LogP contribution is -2.24. The summed E-state index contributed by atoms with van der Waals surface area (Å²) in [4.78, 5) is 3.97. The van der Waals surface area contributed by atoms with Gasteiger partial charge in [0, 0.05) is 18.8 Å². The second kappa shape index (κ2) is 4.45. The number of benzene rings is 1. The van der Waals surface area contributed by atoms with Crippen LogP contribution in [-0.4, -0.2) is 10.1 Å². The number of nitrogens with zero attached hydrogens (tertiary/aromatic N) is 1. The minimum atomic E-state index is -0.831. The molecule has 1 atom stereocenters. The molecule has 0 aliphatic carbocycles. The van der Waals surface area contributed by atoms with Crippen LogP contribution in [0.25, 0.3) is 0 Å². The van der Waals surface area contributed by atoms with Gasteiger partial charge in [-0.15, -0.1) is 0 Å². The maximum atomic E-state index is 10.4. The SMILES string of the molecule is CC(O)(Cc1ccncc1)c1ccccc1. The van der Waals surface area contributed by atoms with Crippen molar-refractivity contribution in [1.82, 2.24) is 4.98 Å². The minimum absolute atomic E-state index is 0.597. The second-order valence-corrected chi connectivity index (χ2v) is 4.17. The molecule has 0 saturated heterocycles. The van der Waals surface area contributed by atoms with Gasteiger partial charge in [0.05, 0.1) is 5.60 Å². The van der Waals surface area contributed by atoms with Gasteiger partial charge >= 0.3 is 0 Å². The van der Waals surface area contributed by atoms with E-state index in [1.165, 1.54) is 0 Å². The Balaban J connectivity index is 2.21. The van der Waals surface area contributed by atoms with Crippen LogP contribution in [0.5, 0.6) is 0 Å². The first-order valence-corrected chi connectivity index (χ1v) is 5.35. The summed E-state index contributed by atoms with van der Waals surface area (Å²) in [5, 5.41) is 10.4. The number of hydrogen-bond donors (Lipinski definition) is 1. The van der Waals surface area contributed by atoms with E-state index in [4.69, 9.17) is 0 Å². The van der Waals surface area contributed by atoms with E-state index < -0.39 is 5.60 Å². The highest BCUT2D eigenvalue weighted by molar-refractivity contribution is 5.25. The molecule has 16 heavy (non-hydrogen) atoms. The van der Waals surface area contributed by atoms with Crippen LogP contribution in [-0.2, 0) is 12.0 Å². The van der Waals surface area contributed by atoms with Gasteiger partial charge in [-0.05, 0) is 30.2 Å². The zero-order valence-corrected chi connectivity index (χ0v) is 9.30. The molecule has 0 saturated carbocycles. The van der Waals surface area contributed by atoms with Crippen LogP contribution in [0.4, 0.5) is 0 Å². The van der Waals surface area contributed by atoms with Crippen LogP contribution >= 0.6 is 0 Å². The molecule has 82 valence electrons. The lowest BCUT2D eigenvalue weighted by molar-refractivity contribution is 0.0576. The molecule has 1 heterocycles. The van der Waals surface area contributed by atoms with Gasteiger partial charge in [0.25, 0.3) is 0 Å². The average Bonchev–Trinajstić information content (AvgIpc) is 2.31. The first-order chi connectivity index (χ1) is 7.68. The fourth-order valence-electron chi connectivity index (χ4n) is 1.80. The highest BCUT2D eigenvalue weighted by atomic mass is 16.3. The fourth-order valence-corrected chi connectivity index (χ4v) is 1.80. The predicted molar refractivity (Wildman–Crippen MR) is 64.0 cm³/mol. The van der Waals surface area contributed by atoms with Gasteiger partial charge < -0.3 is 5.11 Å². The van der Waals surface area contributed by atoms with Crippen molar-refractivity contribution in [2.45, 2.75) is 18.9 Å². The Hall–Kier alpha value is -1.67. The molecule has 0 amide bonds. The Morgan fingerprint density at radius 3 is 2.31 bits per heavy atom. The van der Waals surface area contributed by atoms with E-state index in [0.29, 0.717) is 6.42 Å². The standard InChI is InChI=1S/C14H15NO/c1-14(16,13-5-3-2-4-6-13)11-12-7-9-15-10-8-12/h2-10,16H,11H2,1H3. The molecule has 1 N–H and O–H groups in total. The number of aromatic nitrogens is 1. The summed E-state index contributed by atoms with van der Waals surface area (Å²) in [6, 6.07) is 13.6. The summed E-state index contributed by atoms with van der Waals surface area (Å²) in [5.41, 5.74) is 1.19. The van der Waals surface area contributed by atoms with Gasteiger partial charge in [-0.3, -0.25) is 4.98 Å². The monoisotopic (exact) mass is 213 g/mol. The van der Waals surface area contributed by atoms with Crippen molar-refractivity contribution in [3.8, 4) is 0 Å². The average molecular weight is 213 g/mol. The molecule has 2 rings (SSSR count). The van der Waals surface area contributed by atoms with Crippen LogP contribution in [0.1, 0.15) is 18.1 Å². The van der Waals surface area contributed by atoms with E-state index in [1.807, 2.05) is 49.4 Å². The fraction of sp³-hybridized carbons (Fsp3) is 0.214. The van der Waals surface area contributed by atoms with Crippen LogP contribution in [0, 0.1) is 0 Å². The minimum Gasteiger partial charge on any atom is -0.385 e. The predicted octanol–water partition coefficient (Wildman–Crippen LogP) is 2.53. The largest absolute Gasteiger partial charge is 0.385 e. The van der Waals surface area contributed by atoms with Crippen molar-refractivity contribution < 1.29 is 5.11 Å². The second-order valence-electron chi connectivity index (χ2n) is 4.17. The zero-order chi connectivity index (χ0) is 11.4. The molecular weight excluding hydrogens is 198 g/mol. The van der Waals surface area contributed by atoms with Crippen LogP contribution in [0.3, 0.4) is 0 Å². The molecule has 1 aromatic carbocycles. The van der Waals surface area contributed by atoms with E-state index in [0.717, 1.165) is 11.1 Å². The van der Waals surface area contributed by atoms with Gasteiger partial charge in [-0.1, -0.05) is 30.3 Å². The molecule has 2 nitrogen and oxygen atoms in total. The molecule has 0 fully saturated rings. The van der Waals surface area contributed by atoms with Crippen LogP contribution in [0.2, 0.25) is 0 Å². The Kier molecular flexibility index (Phi) is 3.02. The highest BCUT2D eigenvalue weighted by Crippen LogP contribution is 2.24. The van der Waals surface area contributed by atoms with E-state index in [1.54, 1.807) is 12.4 Å². The van der Waals surface area contributed by atoms with Gasteiger partial charge in [-0.2, -0.15) is 0 Å². The summed E-state index contributed by atoms with van der Waals surface area (Å²) in [7, 11) is 0. The molecule has 2 heteroatoms. The maximum absolute atomic E-state index is 10.4. The highest BCUT2D eigenvalue weighted by Gasteiger charge is 2.22. The normalized spacial score (nSPS) is 14.4. The lowest BCUT2D eigenvalue weighted by Gasteiger charge is -2.23. The quantitative estimate of drug-likeness (QED) is 0.850. The number of aliphatic hydroxyl groups is 1. The van der Waals surface area contributed by atoms with Crippen LogP contribution in [0.15, 0.2) is 54.9 Å². The molecular formula is C14H15NO. The summed E-state index contributed by atoms with van der Waals surface area (Å²) in [6.07, 6.45) is 4.09. The Labute approximate surface area is 95.6 Å². The Morgan fingerprint density at radius 2 is 1.69 bits per heavy atom. The molecule has 0 radical (unpaired) electrons. The van der Waals surface area contributed by atoms with E-state index in [-0.39, 0.29) is 0 Å². The summed E-state index contributed by atoms with van der Waals surface area (Å²) in [5.74, 6) is 0. The maximum Gasteiger partial charge on any atom is 0.0908 e. The topological polar surface area (TPSA) is 33.1 Å². The first-order valence-electron chi connectivity index (χ1n) is 5.35. The smallest absolute Gasteiger partial charge is 0.0908 e. The molecule has 0 aliphatic rings. The third kappa shape index (κ3) is 2.47. The number of hydrogen-bond acceptors (Lipinski definition) is 2. The molecule has 2 aromatic rings. The third-order valence-corrected chi connectivity index (χ3v) is 2.69. The van der Waals surface area contributed by atoms with Crippen molar-refractivity contribution in [2.24, 2.45) is 0 Å². The van der Waals surface area contributed by atoms with E-state index in [2.05, 4.69) is 4.98 Å². The third-order valence-electron chi connectivity index (χ3n) is 2.69. The van der Waals surface area contributed by atoms with Crippen molar-refractivity contribution in [3.05, 3.63) is 66.0 Å². The molecule has 1 aromatic heterocycles. The number of pyridine rings is 1. The van der Waals surface area contributed by atoms with Crippen molar-refractivity contribution in [1.29, 1.82) is 0 Å². The van der Waals surface area contributed by atoms with Crippen LogP contribution < -0.4 is 0 Å². The van der Waals surface area contributed by atoms with Gasteiger partial charge in [0.2, 0.25) is 0 Å². The van der Waals surface area contributed by atoms with Crippen molar-refractivity contribution >= 4 is 0 Å². The Morgan fingerprint density at radius 1 is 1.06 bits per heavy atom. The summed E-state index contributed by atoms with van der Waals surface area (Å²) >= 11 is 0. The molecule has 0 aliphatic heterocycles. The van der Waals surface area contributed by atoms with Crippen molar-refractivity contribution in [2.75, 3.05) is 0 Å². The van der Waals surface area contributed by atoms with E-state index in [9.17, 15) is 5.11 Å². The van der Waals surface area contributed by atoms with Gasteiger partial charge in [0.15, 0.2) is 0 Å². The molecule has 1 unspecified atom stereocenters.